The van der Waals surface area contributed by atoms with Crippen molar-refractivity contribution in [1.82, 2.24) is 9.97 Å². The van der Waals surface area contributed by atoms with E-state index in [0.29, 0.717) is 16.3 Å². The van der Waals surface area contributed by atoms with Gasteiger partial charge in [-0.15, -0.1) is 0 Å². The molecule has 0 unspecified atom stereocenters. The van der Waals surface area contributed by atoms with Gasteiger partial charge in [0.25, 0.3) is 5.91 Å². The van der Waals surface area contributed by atoms with Crippen molar-refractivity contribution in [2.75, 3.05) is 12.4 Å². The summed E-state index contributed by atoms with van der Waals surface area (Å²) in [5, 5.41) is 2.95. The van der Waals surface area contributed by atoms with Crippen molar-refractivity contribution in [2.45, 2.75) is 26.9 Å². The van der Waals surface area contributed by atoms with Gasteiger partial charge in [-0.2, -0.15) is 0 Å². The second kappa shape index (κ2) is 8.01. The number of methoxy groups -OCH3 is 1. The SMILES string of the molecule is COC(=O)c1c(C)[nH]c(C(=O)O[C@H](C)C(=O)Nc2ccc(Cl)cn2)c1C. The Kier molecular flexibility index (Phi) is 5.99. The fourth-order valence-corrected chi connectivity index (χ4v) is 2.42. The van der Waals surface area contributed by atoms with Crippen LogP contribution >= 0.6 is 11.6 Å². The summed E-state index contributed by atoms with van der Waals surface area (Å²) in [6.07, 6.45) is 0.303. The van der Waals surface area contributed by atoms with E-state index in [0.717, 1.165) is 0 Å². The highest BCUT2D eigenvalue weighted by molar-refractivity contribution is 6.30. The molecule has 26 heavy (non-hydrogen) atoms. The van der Waals surface area contributed by atoms with E-state index in [1.165, 1.54) is 26.3 Å². The largest absolute Gasteiger partial charge is 0.465 e. The number of anilines is 1. The Labute approximate surface area is 154 Å². The van der Waals surface area contributed by atoms with Gasteiger partial charge in [0.1, 0.15) is 11.5 Å². The van der Waals surface area contributed by atoms with E-state index in [4.69, 9.17) is 21.1 Å². The van der Waals surface area contributed by atoms with E-state index in [1.54, 1.807) is 19.9 Å². The van der Waals surface area contributed by atoms with E-state index in [9.17, 15) is 14.4 Å². The van der Waals surface area contributed by atoms with Gasteiger partial charge in [0.15, 0.2) is 6.10 Å². The summed E-state index contributed by atoms with van der Waals surface area (Å²) in [4.78, 5) is 43.0. The van der Waals surface area contributed by atoms with Crippen LogP contribution in [0.2, 0.25) is 5.02 Å². The van der Waals surface area contributed by atoms with Crippen LogP contribution in [-0.2, 0) is 14.3 Å². The van der Waals surface area contributed by atoms with Gasteiger partial charge in [-0.3, -0.25) is 4.79 Å². The Morgan fingerprint density at radius 1 is 1.23 bits per heavy atom. The monoisotopic (exact) mass is 379 g/mol. The molecule has 0 aromatic carbocycles. The van der Waals surface area contributed by atoms with Gasteiger partial charge >= 0.3 is 11.9 Å². The second-order valence-electron chi connectivity index (χ2n) is 5.52. The van der Waals surface area contributed by atoms with Crippen LogP contribution in [0.25, 0.3) is 0 Å². The highest BCUT2D eigenvalue weighted by atomic mass is 35.5. The molecule has 138 valence electrons. The number of hydrogen-bond donors (Lipinski definition) is 2. The standard InChI is InChI=1S/C17H18ClN3O5/c1-8-13(16(23)25-4)9(2)20-14(8)17(24)26-10(3)15(22)21-12-6-5-11(18)7-19-12/h5-7,10,20H,1-4H3,(H,19,21,22)/t10-/m1/s1. The zero-order chi connectivity index (χ0) is 19.4. The van der Waals surface area contributed by atoms with Gasteiger partial charge in [-0.1, -0.05) is 11.6 Å². The fourth-order valence-electron chi connectivity index (χ4n) is 2.31. The maximum atomic E-state index is 12.3. The van der Waals surface area contributed by atoms with Crippen molar-refractivity contribution in [3.8, 4) is 0 Å². The maximum Gasteiger partial charge on any atom is 0.355 e. The summed E-state index contributed by atoms with van der Waals surface area (Å²) in [5.74, 6) is -1.59. The van der Waals surface area contributed by atoms with Crippen molar-refractivity contribution >= 4 is 35.3 Å². The molecule has 0 aliphatic rings. The lowest BCUT2D eigenvalue weighted by Crippen LogP contribution is -2.30. The van der Waals surface area contributed by atoms with Gasteiger partial charge in [0.2, 0.25) is 0 Å². The van der Waals surface area contributed by atoms with E-state index < -0.39 is 23.9 Å². The third-order valence-electron chi connectivity index (χ3n) is 3.66. The first kappa shape index (κ1) is 19.5. The van der Waals surface area contributed by atoms with Crippen LogP contribution in [0.15, 0.2) is 18.3 Å². The van der Waals surface area contributed by atoms with E-state index in [1.807, 2.05) is 0 Å². The molecule has 2 N–H and O–H groups in total. The van der Waals surface area contributed by atoms with Crippen molar-refractivity contribution in [2.24, 2.45) is 0 Å². The van der Waals surface area contributed by atoms with Crippen LogP contribution in [0.4, 0.5) is 5.82 Å². The van der Waals surface area contributed by atoms with Crippen LogP contribution in [0.1, 0.15) is 39.0 Å². The Hall–Kier alpha value is -2.87. The summed E-state index contributed by atoms with van der Waals surface area (Å²) in [5.41, 5.74) is 1.23. The molecule has 0 fully saturated rings. The highest BCUT2D eigenvalue weighted by Gasteiger charge is 2.26. The number of carbonyl (C=O) groups is 3. The minimum absolute atomic E-state index is 0.0900. The molecule has 2 aromatic rings. The summed E-state index contributed by atoms with van der Waals surface area (Å²) >= 11 is 5.73. The Morgan fingerprint density at radius 3 is 2.50 bits per heavy atom. The van der Waals surface area contributed by atoms with Gasteiger partial charge in [0.05, 0.1) is 17.7 Å². The number of nitrogens with one attached hydrogen (secondary N) is 2. The molecule has 0 saturated heterocycles. The zero-order valence-corrected chi connectivity index (χ0v) is 15.4. The lowest BCUT2D eigenvalue weighted by Gasteiger charge is -2.13. The molecule has 2 aromatic heterocycles. The van der Waals surface area contributed by atoms with Gasteiger partial charge < -0.3 is 19.8 Å². The number of aromatic nitrogens is 2. The number of esters is 2. The Balaban J connectivity index is 2.08. The average Bonchev–Trinajstić information content (AvgIpc) is 2.90. The van der Waals surface area contributed by atoms with Gasteiger partial charge in [0, 0.05) is 11.9 Å². The quantitative estimate of drug-likeness (QED) is 0.772. The van der Waals surface area contributed by atoms with Gasteiger partial charge in [-0.05, 0) is 38.5 Å². The maximum absolute atomic E-state index is 12.3. The highest BCUT2D eigenvalue weighted by Crippen LogP contribution is 2.20. The molecular weight excluding hydrogens is 362 g/mol. The van der Waals surface area contributed by atoms with Crippen molar-refractivity contribution in [1.29, 1.82) is 0 Å². The predicted octanol–water partition coefficient (Wildman–Crippen LogP) is 2.65. The average molecular weight is 380 g/mol. The number of ether oxygens (including phenoxy) is 2. The number of halogens is 1. The molecule has 0 aliphatic carbocycles. The van der Waals surface area contributed by atoms with E-state index >= 15 is 0 Å². The molecular formula is C17H18ClN3O5. The fraction of sp³-hybridized carbons (Fsp3) is 0.294. The topological polar surface area (TPSA) is 110 Å². The molecule has 1 atom stereocenters. The molecule has 0 radical (unpaired) electrons. The molecule has 2 heterocycles. The van der Waals surface area contributed by atoms with E-state index in [2.05, 4.69) is 15.3 Å². The summed E-state index contributed by atoms with van der Waals surface area (Å²) in [7, 11) is 1.25. The Bertz CT molecular complexity index is 845. The van der Waals surface area contributed by atoms with Crippen LogP contribution in [0.3, 0.4) is 0 Å². The first-order valence-corrected chi connectivity index (χ1v) is 8.03. The Morgan fingerprint density at radius 2 is 1.92 bits per heavy atom. The number of hydrogen-bond acceptors (Lipinski definition) is 6. The number of amides is 1. The molecule has 0 saturated carbocycles. The number of H-pyrrole nitrogens is 1. The summed E-state index contributed by atoms with van der Waals surface area (Å²) in [6, 6.07) is 3.09. The number of pyridine rings is 1. The number of aromatic amines is 1. The molecule has 0 bridgehead atoms. The number of nitrogens with zero attached hydrogens (tertiary/aromatic N) is 1. The van der Waals surface area contributed by atoms with Crippen molar-refractivity contribution < 1.29 is 23.9 Å². The summed E-state index contributed by atoms with van der Waals surface area (Å²) in [6.45, 7) is 4.66. The van der Waals surface area contributed by atoms with Crippen LogP contribution in [0, 0.1) is 13.8 Å². The smallest absolute Gasteiger partial charge is 0.355 e. The van der Waals surface area contributed by atoms with Crippen LogP contribution in [0.5, 0.6) is 0 Å². The number of aryl methyl sites for hydroxylation is 1. The molecule has 1 amide bonds. The zero-order valence-electron chi connectivity index (χ0n) is 14.7. The lowest BCUT2D eigenvalue weighted by atomic mass is 10.1. The normalized spacial score (nSPS) is 11.6. The van der Waals surface area contributed by atoms with Crippen LogP contribution in [-0.4, -0.2) is 41.0 Å². The molecule has 9 heteroatoms. The molecule has 0 aliphatic heterocycles. The molecule has 0 spiro atoms. The lowest BCUT2D eigenvalue weighted by molar-refractivity contribution is -0.123. The minimum atomic E-state index is -1.08. The van der Waals surface area contributed by atoms with Gasteiger partial charge in [-0.25, -0.2) is 14.6 Å². The first-order valence-electron chi connectivity index (χ1n) is 7.65. The number of carbonyl (C=O) groups excluding carboxylic acids is 3. The third kappa shape index (κ3) is 4.20. The van der Waals surface area contributed by atoms with Crippen molar-refractivity contribution in [3.63, 3.8) is 0 Å². The van der Waals surface area contributed by atoms with Crippen molar-refractivity contribution in [3.05, 3.63) is 45.9 Å². The first-order chi connectivity index (χ1) is 12.2. The van der Waals surface area contributed by atoms with Crippen LogP contribution < -0.4 is 5.32 Å². The predicted molar refractivity (Wildman–Crippen MR) is 94.4 cm³/mol. The minimum Gasteiger partial charge on any atom is -0.465 e. The summed E-state index contributed by atoms with van der Waals surface area (Å²) < 4.78 is 9.86. The second-order valence-corrected chi connectivity index (χ2v) is 5.95. The number of rotatable bonds is 5. The molecule has 2 rings (SSSR count). The third-order valence-corrected chi connectivity index (χ3v) is 3.89. The van der Waals surface area contributed by atoms with E-state index in [-0.39, 0.29) is 17.1 Å². The molecule has 8 nitrogen and oxygen atoms in total.